The Balaban J connectivity index is 1.49. The Labute approximate surface area is 137 Å². The van der Waals surface area contributed by atoms with Crippen molar-refractivity contribution in [3.05, 3.63) is 30.1 Å². The van der Waals surface area contributed by atoms with E-state index in [4.69, 9.17) is 0 Å². The smallest absolute Gasteiger partial charge is 0.321 e. The van der Waals surface area contributed by atoms with Gasteiger partial charge in [-0.1, -0.05) is 31.7 Å². The van der Waals surface area contributed by atoms with Gasteiger partial charge in [-0.3, -0.25) is 4.90 Å². The number of rotatable bonds is 2. The minimum Gasteiger partial charge on any atom is -0.322 e. The van der Waals surface area contributed by atoms with Crippen molar-refractivity contribution in [1.29, 1.82) is 0 Å². The molecule has 1 heterocycles. The normalized spacial score (nSPS) is 21.0. The topological polar surface area (TPSA) is 35.6 Å². The summed E-state index contributed by atoms with van der Waals surface area (Å²) in [5.74, 6) is -0.332. The van der Waals surface area contributed by atoms with E-state index in [1.54, 1.807) is 12.1 Å². The van der Waals surface area contributed by atoms with Gasteiger partial charge >= 0.3 is 6.03 Å². The first-order valence-corrected chi connectivity index (χ1v) is 8.78. The lowest BCUT2D eigenvalue weighted by Gasteiger charge is -2.39. The molecule has 0 unspecified atom stereocenters. The second kappa shape index (κ2) is 7.77. The van der Waals surface area contributed by atoms with Crippen LogP contribution < -0.4 is 5.32 Å². The lowest BCUT2D eigenvalue weighted by atomic mass is 10.1. The van der Waals surface area contributed by atoms with Crippen molar-refractivity contribution < 1.29 is 9.18 Å². The fraction of sp³-hybridized carbons (Fsp3) is 0.611. The highest BCUT2D eigenvalue weighted by Gasteiger charge is 2.26. The van der Waals surface area contributed by atoms with E-state index in [9.17, 15) is 9.18 Å². The van der Waals surface area contributed by atoms with Crippen molar-refractivity contribution in [1.82, 2.24) is 9.80 Å². The summed E-state index contributed by atoms with van der Waals surface area (Å²) < 4.78 is 13.2. The molecule has 2 amide bonds. The Bertz CT molecular complexity index is 521. The molecule has 0 spiro atoms. The molecule has 1 saturated heterocycles. The van der Waals surface area contributed by atoms with Crippen LogP contribution in [0.15, 0.2) is 24.3 Å². The monoisotopic (exact) mass is 319 g/mol. The number of benzene rings is 1. The van der Waals surface area contributed by atoms with E-state index < -0.39 is 0 Å². The van der Waals surface area contributed by atoms with Crippen molar-refractivity contribution in [2.45, 2.75) is 44.6 Å². The molecular formula is C18H26FN3O. The van der Waals surface area contributed by atoms with Gasteiger partial charge in [-0.2, -0.15) is 0 Å². The van der Waals surface area contributed by atoms with Crippen LogP contribution in [-0.4, -0.2) is 48.1 Å². The number of nitrogens with one attached hydrogen (secondary N) is 1. The molecule has 0 bridgehead atoms. The second-order valence-electron chi connectivity index (χ2n) is 6.61. The average molecular weight is 319 g/mol. The van der Waals surface area contributed by atoms with Crippen molar-refractivity contribution in [3.8, 4) is 0 Å². The highest BCUT2D eigenvalue weighted by atomic mass is 19.1. The third kappa shape index (κ3) is 4.44. The Morgan fingerprint density at radius 2 is 1.74 bits per heavy atom. The third-order valence-electron chi connectivity index (χ3n) is 5.02. The van der Waals surface area contributed by atoms with Gasteiger partial charge in [0.15, 0.2) is 0 Å². The van der Waals surface area contributed by atoms with Gasteiger partial charge < -0.3 is 10.2 Å². The summed E-state index contributed by atoms with van der Waals surface area (Å²) in [5.41, 5.74) is 0.515. The fourth-order valence-electron chi connectivity index (χ4n) is 3.68. The lowest BCUT2D eigenvalue weighted by Crippen LogP contribution is -2.52. The molecule has 3 rings (SSSR count). The van der Waals surface area contributed by atoms with E-state index in [0.29, 0.717) is 11.7 Å². The highest BCUT2D eigenvalue weighted by Crippen LogP contribution is 2.23. The van der Waals surface area contributed by atoms with Crippen molar-refractivity contribution in [2.24, 2.45) is 0 Å². The van der Waals surface area contributed by atoms with Gasteiger partial charge in [-0.05, 0) is 31.0 Å². The van der Waals surface area contributed by atoms with Gasteiger partial charge in [0, 0.05) is 37.9 Å². The first-order valence-electron chi connectivity index (χ1n) is 8.78. The van der Waals surface area contributed by atoms with E-state index in [2.05, 4.69) is 10.2 Å². The van der Waals surface area contributed by atoms with Crippen LogP contribution in [0, 0.1) is 5.82 Å². The molecule has 1 aliphatic heterocycles. The van der Waals surface area contributed by atoms with Gasteiger partial charge in [-0.15, -0.1) is 0 Å². The number of nitrogens with zero attached hydrogens (tertiary/aromatic N) is 2. The van der Waals surface area contributed by atoms with Gasteiger partial charge in [0.2, 0.25) is 0 Å². The van der Waals surface area contributed by atoms with E-state index in [0.717, 1.165) is 26.2 Å². The number of amides is 2. The Kier molecular flexibility index (Phi) is 5.49. The van der Waals surface area contributed by atoms with Crippen LogP contribution in [0.25, 0.3) is 0 Å². The molecule has 2 aliphatic rings. The maximum Gasteiger partial charge on any atom is 0.321 e. The summed E-state index contributed by atoms with van der Waals surface area (Å²) in [6.45, 7) is 3.39. The number of carbonyl (C=O) groups excluding carboxylic acids is 1. The van der Waals surface area contributed by atoms with Crippen LogP contribution in [0.2, 0.25) is 0 Å². The molecular weight excluding hydrogens is 293 g/mol. The summed E-state index contributed by atoms with van der Waals surface area (Å²) in [4.78, 5) is 16.7. The summed E-state index contributed by atoms with van der Waals surface area (Å²) in [6, 6.07) is 6.61. The minimum absolute atomic E-state index is 0.129. The van der Waals surface area contributed by atoms with E-state index >= 15 is 0 Å². The zero-order chi connectivity index (χ0) is 16.1. The summed E-state index contributed by atoms with van der Waals surface area (Å²) in [6.07, 6.45) is 8.01. The van der Waals surface area contributed by atoms with Crippen molar-refractivity contribution in [3.63, 3.8) is 0 Å². The summed E-state index contributed by atoms with van der Waals surface area (Å²) >= 11 is 0. The van der Waals surface area contributed by atoms with E-state index in [1.807, 2.05) is 4.90 Å². The minimum atomic E-state index is -0.332. The Morgan fingerprint density at radius 1 is 1.04 bits per heavy atom. The first-order chi connectivity index (χ1) is 11.2. The molecule has 126 valence electrons. The summed E-state index contributed by atoms with van der Waals surface area (Å²) in [7, 11) is 0. The van der Waals surface area contributed by atoms with Crippen LogP contribution in [0.5, 0.6) is 0 Å². The SMILES string of the molecule is O=C(Nc1cccc(F)c1)N1CCN(C2CCCCCC2)CC1. The number of hydrogen-bond acceptors (Lipinski definition) is 2. The predicted molar refractivity (Wildman–Crippen MR) is 90.1 cm³/mol. The summed E-state index contributed by atoms with van der Waals surface area (Å²) in [5, 5.41) is 2.79. The number of halogens is 1. The van der Waals surface area contributed by atoms with Crippen molar-refractivity contribution >= 4 is 11.7 Å². The molecule has 0 radical (unpaired) electrons. The number of urea groups is 1. The predicted octanol–water partition coefficient (Wildman–Crippen LogP) is 3.70. The highest BCUT2D eigenvalue weighted by molar-refractivity contribution is 5.89. The second-order valence-corrected chi connectivity index (χ2v) is 6.61. The van der Waals surface area contributed by atoms with Gasteiger partial charge in [-0.25, -0.2) is 9.18 Å². The average Bonchev–Trinajstić information content (AvgIpc) is 2.84. The number of piperazine rings is 1. The first kappa shape index (κ1) is 16.2. The standard InChI is InChI=1S/C18H26FN3O/c19-15-6-5-7-16(14-15)20-18(23)22-12-10-21(11-13-22)17-8-3-1-2-4-9-17/h5-7,14,17H,1-4,8-13H2,(H,20,23). The van der Waals surface area contributed by atoms with Crippen LogP contribution in [0.3, 0.4) is 0 Å². The maximum atomic E-state index is 13.2. The zero-order valence-corrected chi connectivity index (χ0v) is 13.6. The molecule has 1 aromatic rings. The molecule has 2 fully saturated rings. The fourth-order valence-corrected chi connectivity index (χ4v) is 3.68. The Morgan fingerprint density at radius 3 is 2.39 bits per heavy atom. The van der Waals surface area contributed by atoms with Gasteiger partial charge in [0.1, 0.15) is 5.82 Å². The molecule has 23 heavy (non-hydrogen) atoms. The quantitative estimate of drug-likeness (QED) is 0.844. The largest absolute Gasteiger partial charge is 0.322 e. The molecule has 1 aliphatic carbocycles. The number of carbonyl (C=O) groups is 1. The number of hydrogen-bond donors (Lipinski definition) is 1. The van der Waals surface area contributed by atoms with Crippen LogP contribution in [0.1, 0.15) is 38.5 Å². The molecule has 1 N–H and O–H groups in total. The lowest BCUT2D eigenvalue weighted by molar-refractivity contribution is 0.105. The van der Waals surface area contributed by atoms with E-state index in [1.165, 1.54) is 50.7 Å². The molecule has 5 heteroatoms. The van der Waals surface area contributed by atoms with Crippen LogP contribution in [0.4, 0.5) is 14.9 Å². The molecule has 0 aromatic heterocycles. The third-order valence-corrected chi connectivity index (χ3v) is 5.02. The molecule has 1 aromatic carbocycles. The number of anilines is 1. The van der Waals surface area contributed by atoms with Gasteiger partial charge in [0.05, 0.1) is 0 Å². The zero-order valence-electron chi connectivity index (χ0n) is 13.6. The molecule has 1 saturated carbocycles. The van der Waals surface area contributed by atoms with E-state index in [-0.39, 0.29) is 11.8 Å². The molecule has 4 nitrogen and oxygen atoms in total. The van der Waals surface area contributed by atoms with Crippen LogP contribution in [-0.2, 0) is 0 Å². The van der Waals surface area contributed by atoms with Gasteiger partial charge in [0.25, 0.3) is 0 Å². The van der Waals surface area contributed by atoms with Crippen LogP contribution >= 0.6 is 0 Å². The Hall–Kier alpha value is -1.62. The maximum absolute atomic E-state index is 13.2. The molecule has 0 atom stereocenters. The van der Waals surface area contributed by atoms with Crippen molar-refractivity contribution in [2.75, 3.05) is 31.5 Å².